The van der Waals surface area contributed by atoms with E-state index >= 15 is 0 Å². The van der Waals surface area contributed by atoms with Gasteiger partial charge in [-0.3, -0.25) is 9.69 Å². The number of para-hydroxylation sites is 1. The van der Waals surface area contributed by atoms with Crippen LogP contribution in [0.3, 0.4) is 0 Å². The van der Waals surface area contributed by atoms with Crippen molar-refractivity contribution in [2.45, 2.75) is 25.8 Å². The van der Waals surface area contributed by atoms with Crippen LogP contribution in [0.25, 0.3) is 0 Å². The van der Waals surface area contributed by atoms with Crippen molar-refractivity contribution in [1.29, 1.82) is 5.26 Å². The van der Waals surface area contributed by atoms with Crippen LogP contribution >= 0.6 is 0 Å². The molecule has 1 atom stereocenters. The Bertz CT molecular complexity index is 524. The third-order valence-corrected chi connectivity index (χ3v) is 3.68. The van der Waals surface area contributed by atoms with Gasteiger partial charge in [0.05, 0.1) is 24.5 Å². The summed E-state index contributed by atoms with van der Waals surface area (Å²) in [7, 11) is 0. The number of carbonyl (C=O) groups excluding carboxylic acids is 1. The second-order valence-electron chi connectivity index (χ2n) is 5.27. The van der Waals surface area contributed by atoms with Crippen LogP contribution in [0.5, 0.6) is 0 Å². The average molecular weight is 287 g/mol. The minimum Gasteiger partial charge on any atom is -0.379 e. The van der Waals surface area contributed by atoms with Crippen LogP contribution in [-0.4, -0.2) is 43.2 Å². The largest absolute Gasteiger partial charge is 0.379 e. The second-order valence-corrected chi connectivity index (χ2v) is 5.27. The van der Waals surface area contributed by atoms with Gasteiger partial charge in [-0.15, -0.1) is 0 Å². The monoisotopic (exact) mass is 287 g/mol. The van der Waals surface area contributed by atoms with Gasteiger partial charge in [0, 0.05) is 19.0 Å². The molecular formula is C16H21N3O2. The molecule has 0 radical (unpaired) electrons. The van der Waals surface area contributed by atoms with Crippen LogP contribution in [0.4, 0.5) is 5.69 Å². The lowest BCUT2D eigenvalue weighted by atomic mass is 10.2. The van der Waals surface area contributed by atoms with Crippen molar-refractivity contribution < 1.29 is 9.53 Å². The molecule has 1 aromatic carbocycles. The van der Waals surface area contributed by atoms with Crippen molar-refractivity contribution >= 4 is 11.6 Å². The van der Waals surface area contributed by atoms with Crippen LogP contribution < -0.4 is 5.32 Å². The summed E-state index contributed by atoms with van der Waals surface area (Å²) in [5.74, 6) is -0.0430. The highest BCUT2D eigenvalue weighted by Crippen LogP contribution is 2.14. The van der Waals surface area contributed by atoms with Crippen LogP contribution in [0.1, 0.15) is 25.3 Å². The molecule has 0 aliphatic carbocycles. The number of benzene rings is 1. The summed E-state index contributed by atoms with van der Waals surface area (Å²) in [5.41, 5.74) is 1.08. The Morgan fingerprint density at radius 2 is 2.33 bits per heavy atom. The molecule has 0 aromatic heterocycles. The van der Waals surface area contributed by atoms with Crippen molar-refractivity contribution in [3.63, 3.8) is 0 Å². The Labute approximate surface area is 125 Å². The number of hydrogen-bond acceptors (Lipinski definition) is 4. The number of nitriles is 1. The summed E-state index contributed by atoms with van der Waals surface area (Å²) in [6.07, 6.45) is 1.27. The van der Waals surface area contributed by atoms with E-state index in [1.807, 2.05) is 6.07 Å². The van der Waals surface area contributed by atoms with Gasteiger partial charge < -0.3 is 10.1 Å². The minimum atomic E-state index is -0.0430. The summed E-state index contributed by atoms with van der Waals surface area (Å²) in [6.45, 7) is 5.51. The van der Waals surface area contributed by atoms with E-state index in [1.165, 1.54) is 0 Å². The molecule has 1 fully saturated rings. The van der Waals surface area contributed by atoms with Gasteiger partial charge in [0.15, 0.2) is 0 Å². The first-order valence-corrected chi connectivity index (χ1v) is 7.31. The van der Waals surface area contributed by atoms with E-state index in [1.54, 1.807) is 18.2 Å². The van der Waals surface area contributed by atoms with Crippen LogP contribution in [-0.2, 0) is 9.53 Å². The lowest BCUT2D eigenvalue weighted by Crippen LogP contribution is -2.44. The summed E-state index contributed by atoms with van der Waals surface area (Å²) in [6, 6.07) is 9.54. The number of carbonyl (C=O) groups is 1. The van der Waals surface area contributed by atoms with E-state index in [0.29, 0.717) is 23.7 Å². The maximum Gasteiger partial charge on any atom is 0.224 e. The zero-order valence-corrected chi connectivity index (χ0v) is 12.3. The number of rotatable bonds is 5. The zero-order chi connectivity index (χ0) is 15.1. The van der Waals surface area contributed by atoms with E-state index in [9.17, 15) is 4.79 Å². The van der Waals surface area contributed by atoms with Crippen molar-refractivity contribution in [3.05, 3.63) is 29.8 Å². The van der Waals surface area contributed by atoms with E-state index in [0.717, 1.165) is 32.7 Å². The van der Waals surface area contributed by atoms with Gasteiger partial charge in [0.2, 0.25) is 5.91 Å². The molecule has 1 aliphatic heterocycles. The van der Waals surface area contributed by atoms with Gasteiger partial charge in [-0.05, 0) is 32.0 Å². The Kier molecular flexibility index (Phi) is 5.73. The molecule has 2 rings (SSSR count). The molecule has 5 heteroatoms. The molecule has 112 valence electrons. The Hall–Kier alpha value is -1.90. The maximum absolute atomic E-state index is 11.9. The predicted octanol–water partition coefficient (Wildman–Crippen LogP) is 2.00. The molecule has 1 aromatic rings. The van der Waals surface area contributed by atoms with Gasteiger partial charge in [-0.25, -0.2) is 0 Å². The standard InChI is InChI=1S/C16H21N3O2/c1-13-12-21-10-9-19(13)8-4-7-16(20)18-15-6-3-2-5-14(15)11-17/h2-3,5-6,13H,4,7-10,12H2,1H3,(H,18,20). The highest BCUT2D eigenvalue weighted by Gasteiger charge is 2.18. The lowest BCUT2D eigenvalue weighted by Gasteiger charge is -2.33. The minimum absolute atomic E-state index is 0.0430. The molecule has 0 bridgehead atoms. The number of anilines is 1. The van der Waals surface area contributed by atoms with Gasteiger partial charge in [0.25, 0.3) is 0 Å². The SMILES string of the molecule is CC1COCCN1CCCC(=O)Nc1ccccc1C#N. The van der Waals surface area contributed by atoms with Crippen molar-refractivity contribution in [2.24, 2.45) is 0 Å². The molecule has 1 heterocycles. The molecular weight excluding hydrogens is 266 g/mol. The van der Waals surface area contributed by atoms with E-state index in [2.05, 4.69) is 23.2 Å². The van der Waals surface area contributed by atoms with E-state index in [4.69, 9.17) is 10.00 Å². The normalized spacial score (nSPS) is 19.0. The third-order valence-electron chi connectivity index (χ3n) is 3.68. The molecule has 0 spiro atoms. The highest BCUT2D eigenvalue weighted by atomic mass is 16.5. The van der Waals surface area contributed by atoms with E-state index in [-0.39, 0.29) is 5.91 Å². The second kappa shape index (κ2) is 7.77. The fourth-order valence-corrected chi connectivity index (χ4v) is 2.44. The van der Waals surface area contributed by atoms with Gasteiger partial charge in [-0.2, -0.15) is 5.26 Å². The molecule has 1 saturated heterocycles. The molecule has 0 saturated carbocycles. The number of amides is 1. The Morgan fingerprint density at radius 1 is 1.52 bits per heavy atom. The first kappa shape index (κ1) is 15.5. The fraction of sp³-hybridized carbons (Fsp3) is 0.500. The summed E-state index contributed by atoms with van der Waals surface area (Å²) >= 11 is 0. The highest BCUT2D eigenvalue weighted by molar-refractivity contribution is 5.92. The first-order valence-electron chi connectivity index (χ1n) is 7.31. The van der Waals surface area contributed by atoms with E-state index < -0.39 is 0 Å². The fourth-order valence-electron chi connectivity index (χ4n) is 2.44. The third kappa shape index (κ3) is 4.55. The molecule has 1 unspecified atom stereocenters. The topological polar surface area (TPSA) is 65.4 Å². The van der Waals surface area contributed by atoms with Gasteiger partial charge in [0.1, 0.15) is 6.07 Å². The molecule has 1 N–H and O–H groups in total. The van der Waals surface area contributed by atoms with Gasteiger partial charge >= 0.3 is 0 Å². The van der Waals surface area contributed by atoms with Crippen molar-refractivity contribution in [1.82, 2.24) is 4.90 Å². The van der Waals surface area contributed by atoms with Crippen LogP contribution in [0.15, 0.2) is 24.3 Å². The Morgan fingerprint density at radius 3 is 3.10 bits per heavy atom. The number of nitrogens with one attached hydrogen (secondary N) is 1. The van der Waals surface area contributed by atoms with Crippen molar-refractivity contribution in [2.75, 3.05) is 31.6 Å². The summed E-state index contributed by atoms with van der Waals surface area (Å²) in [4.78, 5) is 14.3. The number of ether oxygens (including phenoxy) is 1. The number of nitrogens with zero attached hydrogens (tertiary/aromatic N) is 2. The molecule has 1 amide bonds. The molecule has 1 aliphatic rings. The van der Waals surface area contributed by atoms with Gasteiger partial charge in [-0.1, -0.05) is 12.1 Å². The predicted molar refractivity (Wildman–Crippen MR) is 80.9 cm³/mol. The first-order chi connectivity index (χ1) is 10.2. The maximum atomic E-state index is 11.9. The molecule has 5 nitrogen and oxygen atoms in total. The van der Waals surface area contributed by atoms with Crippen LogP contribution in [0, 0.1) is 11.3 Å². The van der Waals surface area contributed by atoms with Crippen LogP contribution in [0.2, 0.25) is 0 Å². The molecule has 21 heavy (non-hydrogen) atoms. The Balaban J connectivity index is 1.76. The summed E-state index contributed by atoms with van der Waals surface area (Å²) < 4.78 is 5.39. The lowest BCUT2D eigenvalue weighted by molar-refractivity contribution is -0.116. The van der Waals surface area contributed by atoms with Crippen molar-refractivity contribution in [3.8, 4) is 6.07 Å². The number of hydrogen-bond donors (Lipinski definition) is 1. The smallest absolute Gasteiger partial charge is 0.224 e. The summed E-state index contributed by atoms with van der Waals surface area (Å²) in [5, 5.41) is 11.8. The quantitative estimate of drug-likeness (QED) is 0.899. The number of morpholine rings is 1. The zero-order valence-electron chi connectivity index (χ0n) is 12.3. The average Bonchev–Trinajstić information content (AvgIpc) is 2.50.